The lowest BCUT2D eigenvalue weighted by atomic mass is 9.93. The molecule has 0 spiro atoms. The molecule has 0 amide bonds. The fourth-order valence-corrected chi connectivity index (χ4v) is 6.99. The summed E-state index contributed by atoms with van der Waals surface area (Å²) in [4.78, 5) is 4.45. The first-order chi connectivity index (χ1) is 27.1. The molecule has 0 heterocycles. The van der Waals surface area contributed by atoms with Crippen molar-refractivity contribution in [1.82, 2.24) is 0 Å². The molecule has 0 aliphatic rings. The molecule has 0 unspecified atom stereocenters. The summed E-state index contributed by atoms with van der Waals surface area (Å²) in [5, 5.41) is 0. The Hall–Kier alpha value is -6.84. The second-order valence-corrected chi connectivity index (χ2v) is 13.5. The maximum Gasteiger partial charge on any atom is 0.104 e. The number of hydrogen-bond donors (Lipinski definition) is 1. The molecule has 0 aliphatic carbocycles. The van der Waals surface area contributed by atoms with Crippen LogP contribution in [-0.2, 0) is 6.42 Å². The van der Waals surface area contributed by atoms with Crippen molar-refractivity contribution in [2.75, 3.05) is 9.80 Å². The Morgan fingerprint density at radius 1 is 0.491 bits per heavy atom. The molecular formula is C52H47N3. The van der Waals surface area contributed by atoms with Crippen molar-refractivity contribution >= 4 is 28.3 Å². The number of para-hydroxylation sites is 2. The molecule has 0 atom stereocenters. The molecule has 0 aromatic heterocycles. The Morgan fingerprint density at radius 2 is 0.982 bits per heavy atom. The minimum absolute atomic E-state index is 0.671. The third-order valence-electron chi connectivity index (χ3n) is 9.94. The average molecular weight is 714 g/mol. The zero-order valence-corrected chi connectivity index (χ0v) is 31.6. The molecule has 3 heteroatoms. The number of nitrogens with two attached hydrogens (primary N) is 1. The quantitative estimate of drug-likeness (QED) is 0.129. The van der Waals surface area contributed by atoms with Crippen LogP contribution in [0.4, 0.5) is 22.7 Å². The van der Waals surface area contributed by atoms with Gasteiger partial charge in [-0.25, -0.2) is 0 Å². The first-order valence-corrected chi connectivity index (χ1v) is 19.0. The van der Waals surface area contributed by atoms with Crippen molar-refractivity contribution in [3.63, 3.8) is 0 Å². The number of benzene rings is 7. The lowest BCUT2D eigenvalue weighted by molar-refractivity contribution is 1.10. The van der Waals surface area contributed by atoms with Gasteiger partial charge in [0.25, 0.3) is 0 Å². The van der Waals surface area contributed by atoms with Crippen LogP contribution in [0, 0.1) is 0 Å². The van der Waals surface area contributed by atoms with Gasteiger partial charge in [-0.05, 0) is 120 Å². The predicted molar refractivity (Wildman–Crippen MR) is 235 cm³/mol. The summed E-state index contributed by atoms with van der Waals surface area (Å²) in [7, 11) is 0. The van der Waals surface area contributed by atoms with E-state index in [2.05, 4.69) is 230 Å². The number of hydrogen-bond acceptors (Lipinski definition) is 3. The van der Waals surface area contributed by atoms with Gasteiger partial charge in [0.15, 0.2) is 0 Å². The van der Waals surface area contributed by atoms with Gasteiger partial charge in [-0.2, -0.15) is 0 Å². The normalized spacial score (nSPS) is 12.0. The van der Waals surface area contributed by atoms with E-state index in [0.29, 0.717) is 12.2 Å². The van der Waals surface area contributed by atoms with Gasteiger partial charge in [-0.15, -0.1) is 0 Å². The van der Waals surface area contributed by atoms with Crippen molar-refractivity contribution in [3.8, 4) is 22.3 Å². The molecule has 7 aromatic rings. The monoisotopic (exact) mass is 713 g/mol. The van der Waals surface area contributed by atoms with Gasteiger partial charge in [-0.3, -0.25) is 4.90 Å². The molecule has 0 saturated carbocycles. The highest BCUT2D eigenvalue weighted by Gasteiger charge is 2.18. The maximum absolute atomic E-state index is 7.13. The van der Waals surface area contributed by atoms with Gasteiger partial charge in [0.2, 0.25) is 0 Å². The predicted octanol–water partition coefficient (Wildman–Crippen LogP) is 13.7. The van der Waals surface area contributed by atoms with E-state index in [4.69, 9.17) is 5.73 Å². The molecule has 0 bridgehead atoms. The maximum atomic E-state index is 7.13. The molecule has 7 aromatic carbocycles. The summed E-state index contributed by atoms with van der Waals surface area (Å²) in [5.41, 5.74) is 20.8. The van der Waals surface area contributed by atoms with Crippen LogP contribution in [0.5, 0.6) is 0 Å². The molecule has 2 N–H and O–H groups in total. The van der Waals surface area contributed by atoms with Crippen LogP contribution in [0.2, 0.25) is 0 Å². The molecule has 0 aliphatic heterocycles. The number of anilines is 4. The van der Waals surface area contributed by atoms with E-state index in [-0.39, 0.29) is 0 Å². The van der Waals surface area contributed by atoms with Crippen molar-refractivity contribution in [1.29, 1.82) is 0 Å². The summed E-state index contributed by atoms with van der Waals surface area (Å²) >= 11 is 0. The zero-order chi connectivity index (χ0) is 37.8. The van der Waals surface area contributed by atoms with Gasteiger partial charge in [-0.1, -0.05) is 158 Å². The third kappa shape index (κ3) is 8.87. The smallest absolute Gasteiger partial charge is 0.104 e. The summed E-state index contributed by atoms with van der Waals surface area (Å²) in [5.74, 6) is 0.671. The number of rotatable bonds is 13. The summed E-state index contributed by atoms with van der Waals surface area (Å²) in [6.45, 7) is 4.23. The Bertz CT molecular complexity index is 2360. The van der Waals surface area contributed by atoms with E-state index in [1.165, 1.54) is 22.4 Å². The van der Waals surface area contributed by atoms with Crippen molar-refractivity contribution in [2.45, 2.75) is 26.7 Å². The van der Waals surface area contributed by atoms with Crippen LogP contribution in [-0.4, -0.2) is 0 Å². The SMILES string of the molecule is C/C=C(\C)N(c1ccccc1)c1ccc(-c2ccc(N(/C(N)=C/C/C(=C\Cc3ccccc3)c3ccccc3)c3ccccc3)cc2-c2ccccc2)cc1. The van der Waals surface area contributed by atoms with Gasteiger partial charge in [0.1, 0.15) is 5.82 Å². The molecule has 7 rings (SSSR count). The highest BCUT2D eigenvalue weighted by Crippen LogP contribution is 2.40. The highest BCUT2D eigenvalue weighted by molar-refractivity contribution is 5.88. The first-order valence-electron chi connectivity index (χ1n) is 19.0. The van der Waals surface area contributed by atoms with E-state index in [1.54, 1.807) is 0 Å². The fraction of sp³-hybridized carbons (Fsp3) is 0.0769. The largest absolute Gasteiger partial charge is 0.385 e. The molecule has 0 saturated heterocycles. The number of allylic oxidation sites excluding steroid dienone is 5. The summed E-state index contributed by atoms with van der Waals surface area (Å²) in [6, 6.07) is 68.3. The van der Waals surface area contributed by atoms with Crippen LogP contribution < -0.4 is 15.5 Å². The van der Waals surface area contributed by atoms with Crippen LogP contribution in [0.25, 0.3) is 27.8 Å². The van der Waals surface area contributed by atoms with Crippen LogP contribution in [0.15, 0.2) is 224 Å². The van der Waals surface area contributed by atoms with E-state index < -0.39 is 0 Å². The average Bonchev–Trinajstić information content (AvgIpc) is 3.26. The van der Waals surface area contributed by atoms with Crippen molar-refractivity contribution in [3.05, 3.63) is 235 Å². The van der Waals surface area contributed by atoms with Crippen LogP contribution in [0.3, 0.4) is 0 Å². The topological polar surface area (TPSA) is 32.5 Å². The van der Waals surface area contributed by atoms with Gasteiger partial charge >= 0.3 is 0 Å². The van der Waals surface area contributed by atoms with Gasteiger partial charge < -0.3 is 10.6 Å². The molecule has 0 radical (unpaired) electrons. The van der Waals surface area contributed by atoms with E-state index in [9.17, 15) is 0 Å². The molecule has 270 valence electrons. The Morgan fingerprint density at radius 3 is 1.58 bits per heavy atom. The first kappa shape index (κ1) is 36.5. The Kier molecular flexibility index (Phi) is 11.8. The van der Waals surface area contributed by atoms with Crippen molar-refractivity contribution in [2.24, 2.45) is 5.73 Å². The molecule has 0 fully saturated rings. The van der Waals surface area contributed by atoms with Crippen molar-refractivity contribution < 1.29 is 0 Å². The lowest BCUT2D eigenvalue weighted by Crippen LogP contribution is -2.22. The highest BCUT2D eigenvalue weighted by atomic mass is 15.2. The Labute approximate surface area is 326 Å². The minimum Gasteiger partial charge on any atom is -0.385 e. The second-order valence-electron chi connectivity index (χ2n) is 13.5. The molecular weight excluding hydrogens is 667 g/mol. The van der Waals surface area contributed by atoms with E-state index in [1.807, 2.05) is 6.07 Å². The zero-order valence-electron chi connectivity index (χ0n) is 31.6. The standard InChI is InChI=1S/C52H47N3/c1-3-40(2)54(46-25-15-7-16-26-46)48-34-31-45(32-35-48)50-37-36-49(39-51(50)44-23-13-6-14-24-44)55(47-27-17-8-18-28-47)52(53)38-33-43(42-21-11-5-12-22-42)30-29-41-19-9-4-10-20-41/h3-28,30-32,34-39H,29,33,53H2,1-2H3/b40-3+,43-30+,52-38+. The van der Waals surface area contributed by atoms with Crippen LogP contribution in [0.1, 0.15) is 31.4 Å². The Balaban J connectivity index is 1.27. The summed E-state index contributed by atoms with van der Waals surface area (Å²) < 4.78 is 0. The molecule has 3 nitrogen and oxygen atoms in total. The van der Waals surface area contributed by atoms with Gasteiger partial charge in [0.05, 0.1) is 0 Å². The third-order valence-corrected chi connectivity index (χ3v) is 9.94. The minimum atomic E-state index is 0.671. The van der Waals surface area contributed by atoms with Crippen LogP contribution >= 0.6 is 0 Å². The van der Waals surface area contributed by atoms with E-state index in [0.717, 1.165) is 51.4 Å². The fourth-order valence-electron chi connectivity index (χ4n) is 6.99. The lowest BCUT2D eigenvalue weighted by Gasteiger charge is -2.27. The number of nitrogens with zero attached hydrogens (tertiary/aromatic N) is 2. The molecule has 55 heavy (non-hydrogen) atoms. The van der Waals surface area contributed by atoms with E-state index >= 15 is 0 Å². The second kappa shape index (κ2) is 17.8. The summed E-state index contributed by atoms with van der Waals surface area (Å²) in [6.07, 6.45) is 8.16. The van der Waals surface area contributed by atoms with Gasteiger partial charge in [0, 0.05) is 28.4 Å².